The van der Waals surface area contributed by atoms with Crippen LogP contribution in [0, 0.1) is 11.8 Å². The van der Waals surface area contributed by atoms with Gasteiger partial charge in [0, 0.05) is 0 Å². The summed E-state index contributed by atoms with van der Waals surface area (Å²) < 4.78 is 0. The molecular formula is C12H18O. The van der Waals surface area contributed by atoms with Crippen molar-refractivity contribution in [2.24, 2.45) is 11.8 Å². The third-order valence-corrected chi connectivity index (χ3v) is 2.44. The van der Waals surface area contributed by atoms with Crippen molar-refractivity contribution in [3.8, 4) is 0 Å². The second-order valence-electron chi connectivity index (χ2n) is 4.19. The molecule has 13 heavy (non-hydrogen) atoms. The lowest BCUT2D eigenvalue weighted by Crippen LogP contribution is -2.17. The summed E-state index contributed by atoms with van der Waals surface area (Å²) in [6.45, 7) is 8.31. The van der Waals surface area contributed by atoms with E-state index in [0.717, 1.165) is 17.6 Å². The molecule has 72 valence electrons. The summed E-state index contributed by atoms with van der Waals surface area (Å²) >= 11 is 0. The maximum absolute atomic E-state index is 11.9. The molecule has 1 heteroatoms. The van der Waals surface area contributed by atoms with E-state index in [1.165, 1.54) is 0 Å². The summed E-state index contributed by atoms with van der Waals surface area (Å²) in [5, 5.41) is 0. The van der Waals surface area contributed by atoms with Crippen molar-refractivity contribution < 1.29 is 4.79 Å². The first-order chi connectivity index (χ1) is 6.04. The zero-order valence-electron chi connectivity index (χ0n) is 8.92. The molecule has 1 nitrogen and oxygen atoms in total. The third kappa shape index (κ3) is 2.09. The number of hydrogen-bond acceptors (Lipinski definition) is 1. The molecule has 0 saturated carbocycles. The number of hydrogen-bond donors (Lipinski definition) is 0. The molecular weight excluding hydrogens is 160 g/mol. The molecule has 0 aromatic heterocycles. The predicted molar refractivity (Wildman–Crippen MR) is 55.5 cm³/mol. The fourth-order valence-corrected chi connectivity index (χ4v) is 1.66. The van der Waals surface area contributed by atoms with Crippen molar-refractivity contribution in [2.45, 2.75) is 34.1 Å². The van der Waals surface area contributed by atoms with Crippen LogP contribution in [0.1, 0.15) is 34.1 Å². The van der Waals surface area contributed by atoms with Gasteiger partial charge in [-0.1, -0.05) is 39.8 Å². The fraction of sp³-hybridized carbons (Fsp3) is 0.583. The smallest absolute Gasteiger partial charge is 0.184 e. The second kappa shape index (κ2) is 3.91. The van der Waals surface area contributed by atoms with Crippen molar-refractivity contribution in [2.75, 3.05) is 0 Å². The highest BCUT2D eigenvalue weighted by Gasteiger charge is 2.21. The molecule has 0 amide bonds. The second-order valence-corrected chi connectivity index (χ2v) is 4.19. The number of ketones is 1. The summed E-state index contributed by atoms with van der Waals surface area (Å²) in [5.74, 6) is 0.973. The molecule has 0 radical (unpaired) electrons. The van der Waals surface area contributed by atoms with Gasteiger partial charge in [-0.15, -0.1) is 0 Å². The van der Waals surface area contributed by atoms with Crippen LogP contribution in [-0.4, -0.2) is 5.78 Å². The molecule has 1 rings (SSSR count). The highest BCUT2D eigenvalue weighted by Crippen LogP contribution is 2.25. The van der Waals surface area contributed by atoms with Gasteiger partial charge in [0.25, 0.3) is 0 Å². The van der Waals surface area contributed by atoms with Gasteiger partial charge in [-0.25, -0.2) is 0 Å². The Morgan fingerprint density at radius 1 is 1.00 bits per heavy atom. The Bertz CT molecular complexity index is 241. The lowest BCUT2D eigenvalue weighted by molar-refractivity contribution is -0.113. The van der Waals surface area contributed by atoms with Crippen LogP contribution < -0.4 is 0 Å². The quantitative estimate of drug-likeness (QED) is 0.635. The number of carbonyl (C=O) groups is 1. The highest BCUT2D eigenvalue weighted by molar-refractivity contribution is 6.09. The molecule has 0 aliphatic heterocycles. The largest absolute Gasteiger partial charge is 0.289 e. The summed E-state index contributed by atoms with van der Waals surface area (Å²) in [7, 11) is 0. The lowest BCUT2D eigenvalue weighted by Gasteiger charge is -2.18. The van der Waals surface area contributed by atoms with Crippen molar-refractivity contribution in [3.63, 3.8) is 0 Å². The number of Topliss-reactive ketones (excluding diaryl/α,β-unsaturated/α-hetero) is 1. The molecule has 0 unspecified atom stereocenters. The van der Waals surface area contributed by atoms with E-state index in [4.69, 9.17) is 0 Å². The zero-order valence-corrected chi connectivity index (χ0v) is 8.92. The van der Waals surface area contributed by atoms with Crippen LogP contribution >= 0.6 is 0 Å². The first kappa shape index (κ1) is 10.2. The normalized spacial score (nSPS) is 17.8. The minimum atomic E-state index is 0.260. The maximum atomic E-state index is 11.9. The maximum Gasteiger partial charge on any atom is 0.184 e. The van der Waals surface area contributed by atoms with Crippen LogP contribution in [0.4, 0.5) is 0 Å². The van der Waals surface area contributed by atoms with Gasteiger partial charge in [-0.2, -0.15) is 0 Å². The number of carbonyl (C=O) groups excluding carboxylic acids is 1. The Hall–Kier alpha value is -0.850. The van der Waals surface area contributed by atoms with Gasteiger partial charge in [0.15, 0.2) is 5.78 Å². The zero-order chi connectivity index (χ0) is 10.0. The van der Waals surface area contributed by atoms with Crippen LogP contribution in [0.2, 0.25) is 0 Å². The highest BCUT2D eigenvalue weighted by atomic mass is 16.1. The van der Waals surface area contributed by atoms with Crippen LogP contribution in [0.15, 0.2) is 23.3 Å². The molecule has 0 atom stereocenters. The molecule has 0 aromatic rings. The van der Waals surface area contributed by atoms with Crippen molar-refractivity contribution >= 4 is 5.78 Å². The Morgan fingerprint density at radius 3 is 1.69 bits per heavy atom. The summed E-state index contributed by atoms with van der Waals surface area (Å²) in [4.78, 5) is 11.9. The SMILES string of the molecule is CC(C)C1=CCC=C(C(C)C)C1=O. The van der Waals surface area contributed by atoms with Gasteiger partial charge >= 0.3 is 0 Å². The minimum absolute atomic E-state index is 0.260. The molecule has 0 heterocycles. The van der Waals surface area contributed by atoms with Gasteiger partial charge < -0.3 is 0 Å². The molecule has 0 spiro atoms. The molecule has 0 saturated heterocycles. The van der Waals surface area contributed by atoms with Crippen LogP contribution in [0.5, 0.6) is 0 Å². The van der Waals surface area contributed by atoms with Gasteiger partial charge in [0.2, 0.25) is 0 Å². The average Bonchev–Trinajstić information content (AvgIpc) is 2.03. The van der Waals surface area contributed by atoms with E-state index in [2.05, 4.69) is 39.8 Å². The topological polar surface area (TPSA) is 17.1 Å². The van der Waals surface area contributed by atoms with Gasteiger partial charge in [-0.3, -0.25) is 4.79 Å². The Balaban J connectivity index is 2.87. The number of rotatable bonds is 2. The first-order valence-electron chi connectivity index (χ1n) is 4.98. The molecule has 0 bridgehead atoms. The number of allylic oxidation sites excluding steroid dienone is 4. The summed E-state index contributed by atoms with van der Waals surface area (Å²) in [5.41, 5.74) is 1.98. The van der Waals surface area contributed by atoms with Crippen LogP contribution in [0.3, 0.4) is 0 Å². The van der Waals surface area contributed by atoms with E-state index in [9.17, 15) is 4.79 Å². The molecule has 0 aromatic carbocycles. The fourth-order valence-electron chi connectivity index (χ4n) is 1.66. The van der Waals surface area contributed by atoms with E-state index in [-0.39, 0.29) is 5.78 Å². The Labute approximate surface area is 80.5 Å². The standard InChI is InChI=1S/C12H18O/c1-8(2)10-6-5-7-11(9(3)4)12(10)13/h6-9H,5H2,1-4H3. The van der Waals surface area contributed by atoms with Crippen molar-refractivity contribution in [3.05, 3.63) is 23.3 Å². The third-order valence-electron chi connectivity index (χ3n) is 2.44. The minimum Gasteiger partial charge on any atom is -0.289 e. The van der Waals surface area contributed by atoms with E-state index >= 15 is 0 Å². The monoisotopic (exact) mass is 178 g/mol. The predicted octanol–water partition coefficient (Wildman–Crippen LogP) is 3.12. The summed E-state index contributed by atoms with van der Waals surface area (Å²) in [6.07, 6.45) is 5.03. The Kier molecular flexibility index (Phi) is 3.07. The molecule has 0 fully saturated rings. The van der Waals surface area contributed by atoms with E-state index in [1.807, 2.05) is 0 Å². The van der Waals surface area contributed by atoms with Gasteiger partial charge in [-0.05, 0) is 29.4 Å². The van der Waals surface area contributed by atoms with Crippen LogP contribution in [-0.2, 0) is 4.79 Å². The molecule has 1 aliphatic rings. The lowest BCUT2D eigenvalue weighted by atomic mass is 9.85. The molecule has 1 aliphatic carbocycles. The Morgan fingerprint density at radius 2 is 1.38 bits per heavy atom. The van der Waals surface area contributed by atoms with E-state index < -0.39 is 0 Å². The van der Waals surface area contributed by atoms with Gasteiger partial charge in [0.05, 0.1) is 0 Å². The average molecular weight is 178 g/mol. The summed E-state index contributed by atoms with van der Waals surface area (Å²) in [6, 6.07) is 0. The van der Waals surface area contributed by atoms with Gasteiger partial charge in [0.1, 0.15) is 0 Å². The van der Waals surface area contributed by atoms with Crippen molar-refractivity contribution in [1.82, 2.24) is 0 Å². The van der Waals surface area contributed by atoms with E-state index in [1.54, 1.807) is 0 Å². The first-order valence-corrected chi connectivity index (χ1v) is 4.98. The van der Waals surface area contributed by atoms with Crippen LogP contribution in [0.25, 0.3) is 0 Å². The molecule has 0 N–H and O–H groups in total. The van der Waals surface area contributed by atoms with E-state index in [0.29, 0.717) is 11.8 Å². The van der Waals surface area contributed by atoms with Crippen molar-refractivity contribution in [1.29, 1.82) is 0 Å².